The number of nitrogens with two attached hydrogens (primary N) is 1. The number of carbonyl (C=O) groups is 1. The molecule has 4 heteroatoms. The first kappa shape index (κ1) is 17.4. The van der Waals surface area contributed by atoms with Gasteiger partial charge in [0.1, 0.15) is 0 Å². The van der Waals surface area contributed by atoms with Gasteiger partial charge in [-0.1, -0.05) is 36.4 Å². The Balaban J connectivity index is 0.00000192. The minimum absolute atomic E-state index is 0. The van der Waals surface area contributed by atoms with E-state index in [2.05, 4.69) is 24.3 Å². The topological polar surface area (TPSA) is 46.3 Å². The van der Waals surface area contributed by atoms with Crippen molar-refractivity contribution in [3.8, 4) is 0 Å². The summed E-state index contributed by atoms with van der Waals surface area (Å²) in [7, 11) is 0. The molecule has 3 rings (SSSR count). The number of rotatable bonds is 3. The first-order valence-electron chi connectivity index (χ1n) is 7.86. The highest BCUT2D eigenvalue weighted by atomic mass is 35.5. The molecule has 1 aliphatic heterocycles. The number of halogens is 1. The molecule has 2 aromatic carbocycles. The molecule has 0 spiro atoms. The van der Waals surface area contributed by atoms with Crippen LogP contribution in [-0.4, -0.2) is 23.4 Å². The van der Waals surface area contributed by atoms with Gasteiger partial charge in [-0.05, 0) is 49.4 Å². The molecule has 1 atom stereocenters. The second-order valence-corrected chi connectivity index (χ2v) is 6.06. The largest absolute Gasteiger partial charge is 0.399 e. The molecule has 0 saturated carbocycles. The van der Waals surface area contributed by atoms with E-state index in [1.165, 1.54) is 5.56 Å². The van der Waals surface area contributed by atoms with Crippen LogP contribution < -0.4 is 5.73 Å². The number of anilines is 1. The molecule has 1 unspecified atom stereocenters. The molecule has 1 saturated heterocycles. The second kappa shape index (κ2) is 7.51. The Bertz CT molecular complexity index is 672. The van der Waals surface area contributed by atoms with Crippen LogP contribution >= 0.6 is 12.4 Å². The molecule has 23 heavy (non-hydrogen) atoms. The van der Waals surface area contributed by atoms with Crippen molar-refractivity contribution in [2.45, 2.75) is 32.2 Å². The maximum absolute atomic E-state index is 12.9. The van der Waals surface area contributed by atoms with Gasteiger partial charge in [0.05, 0.1) is 0 Å². The number of hydrogen-bond donors (Lipinski definition) is 1. The van der Waals surface area contributed by atoms with Gasteiger partial charge in [0.25, 0.3) is 5.91 Å². The number of nitrogens with zero attached hydrogens (tertiary/aromatic N) is 1. The Morgan fingerprint density at radius 1 is 1.22 bits per heavy atom. The fraction of sp³-hybridized carbons (Fsp3) is 0.316. The molecular weight excluding hydrogens is 308 g/mol. The van der Waals surface area contributed by atoms with Gasteiger partial charge in [-0.3, -0.25) is 4.79 Å². The number of nitrogen functional groups attached to an aromatic ring is 1. The lowest BCUT2D eigenvalue weighted by Crippen LogP contribution is -2.37. The minimum Gasteiger partial charge on any atom is -0.399 e. The van der Waals surface area contributed by atoms with Gasteiger partial charge in [-0.25, -0.2) is 0 Å². The smallest absolute Gasteiger partial charge is 0.254 e. The summed E-state index contributed by atoms with van der Waals surface area (Å²) in [6.07, 6.45) is 3.07. The summed E-state index contributed by atoms with van der Waals surface area (Å²) in [5.74, 6) is 0.114. The van der Waals surface area contributed by atoms with Crippen LogP contribution in [0.25, 0.3) is 0 Å². The van der Waals surface area contributed by atoms with E-state index in [-0.39, 0.29) is 24.4 Å². The third kappa shape index (κ3) is 3.85. The fourth-order valence-corrected chi connectivity index (χ4v) is 3.23. The molecule has 122 valence electrons. The van der Waals surface area contributed by atoms with Crippen LogP contribution in [-0.2, 0) is 6.42 Å². The Kier molecular flexibility index (Phi) is 5.67. The van der Waals surface area contributed by atoms with Crippen LogP contribution in [0.15, 0.2) is 48.5 Å². The predicted octanol–water partition coefficient (Wildman–Crippen LogP) is 3.85. The van der Waals surface area contributed by atoms with Crippen LogP contribution in [0.1, 0.15) is 34.3 Å². The maximum atomic E-state index is 12.9. The van der Waals surface area contributed by atoms with Crippen molar-refractivity contribution in [3.05, 3.63) is 65.2 Å². The van der Waals surface area contributed by atoms with Crippen molar-refractivity contribution in [3.63, 3.8) is 0 Å². The quantitative estimate of drug-likeness (QED) is 0.869. The van der Waals surface area contributed by atoms with Gasteiger partial charge in [-0.15, -0.1) is 12.4 Å². The van der Waals surface area contributed by atoms with E-state index in [9.17, 15) is 4.79 Å². The lowest BCUT2D eigenvalue weighted by Gasteiger charge is -2.25. The van der Waals surface area contributed by atoms with Crippen molar-refractivity contribution in [2.24, 2.45) is 0 Å². The molecule has 0 bridgehead atoms. The predicted molar refractivity (Wildman–Crippen MR) is 97.0 cm³/mol. The van der Waals surface area contributed by atoms with Crippen molar-refractivity contribution >= 4 is 24.0 Å². The summed E-state index contributed by atoms with van der Waals surface area (Å²) in [5, 5.41) is 0. The Morgan fingerprint density at radius 3 is 2.70 bits per heavy atom. The summed E-state index contributed by atoms with van der Waals surface area (Å²) in [4.78, 5) is 14.9. The van der Waals surface area contributed by atoms with Crippen LogP contribution in [0.4, 0.5) is 5.69 Å². The van der Waals surface area contributed by atoms with Crippen LogP contribution in [0, 0.1) is 6.92 Å². The first-order chi connectivity index (χ1) is 10.6. The van der Waals surface area contributed by atoms with Gasteiger partial charge >= 0.3 is 0 Å². The molecule has 0 aromatic heterocycles. The SMILES string of the molecule is Cc1ccc(N)cc1C(=O)N1CCCC1Cc1ccccc1.Cl. The van der Waals surface area contributed by atoms with Crippen LogP contribution in [0.2, 0.25) is 0 Å². The third-order valence-corrected chi connectivity index (χ3v) is 4.44. The molecule has 1 heterocycles. The van der Waals surface area contributed by atoms with Gasteiger partial charge in [0.15, 0.2) is 0 Å². The van der Waals surface area contributed by atoms with Gasteiger partial charge in [0, 0.05) is 23.8 Å². The van der Waals surface area contributed by atoms with E-state index in [0.717, 1.165) is 36.9 Å². The van der Waals surface area contributed by atoms with Gasteiger partial charge in [0.2, 0.25) is 0 Å². The number of hydrogen-bond acceptors (Lipinski definition) is 2. The second-order valence-electron chi connectivity index (χ2n) is 6.06. The summed E-state index contributed by atoms with van der Waals surface area (Å²) < 4.78 is 0. The zero-order valence-corrected chi connectivity index (χ0v) is 14.2. The highest BCUT2D eigenvalue weighted by Crippen LogP contribution is 2.25. The van der Waals surface area contributed by atoms with Gasteiger partial charge < -0.3 is 10.6 Å². The molecule has 2 N–H and O–H groups in total. The highest BCUT2D eigenvalue weighted by molar-refractivity contribution is 5.96. The number of carbonyl (C=O) groups excluding carboxylic acids is 1. The molecule has 1 amide bonds. The van der Waals surface area contributed by atoms with Crippen LogP contribution in [0.3, 0.4) is 0 Å². The summed E-state index contributed by atoms with van der Waals surface area (Å²) in [5.41, 5.74) is 9.51. The summed E-state index contributed by atoms with van der Waals surface area (Å²) in [6, 6.07) is 16.3. The highest BCUT2D eigenvalue weighted by Gasteiger charge is 2.30. The zero-order chi connectivity index (χ0) is 15.5. The number of benzene rings is 2. The average molecular weight is 331 g/mol. The minimum atomic E-state index is 0. The molecular formula is C19H23ClN2O. The van der Waals surface area contributed by atoms with Gasteiger partial charge in [-0.2, -0.15) is 0 Å². The third-order valence-electron chi connectivity index (χ3n) is 4.44. The van der Waals surface area contributed by atoms with E-state index in [4.69, 9.17) is 5.73 Å². The molecule has 0 radical (unpaired) electrons. The van der Waals surface area contributed by atoms with Crippen molar-refractivity contribution in [2.75, 3.05) is 12.3 Å². The lowest BCUT2D eigenvalue weighted by molar-refractivity contribution is 0.0736. The summed E-state index contributed by atoms with van der Waals surface area (Å²) in [6.45, 7) is 2.81. The Labute approximate surface area is 143 Å². The van der Waals surface area contributed by atoms with Crippen LogP contribution in [0.5, 0.6) is 0 Å². The lowest BCUT2D eigenvalue weighted by atomic mass is 10.0. The zero-order valence-electron chi connectivity index (χ0n) is 13.4. The van der Waals surface area contributed by atoms with E-state index in [1.54, 1.807) is 6.07 Å². The number of amides is 1. The van der Waals surface area contributed by atoms with Crippen molar-refractivity contribution in [1.82, 2.24) is 4.90 Å². The molecule has 1 aliphatic rings. The normalized spacial score (nSPS) is 16.9. The number of likely N-dealkylation sites (tertiary alicyclic amines) is 1. The fourth-order valence-electron chi connectivity index (χ4n) is 3.23. The van der Waals surface area contributed by atoms with E-state index >= 15 is 0 Å². The number of aryl methyl sites for hydroxylation is 1. The molecule has 0 aliphatic carbocycles. The van der Waals surface area contributed by atoms with E-state index in [0.29, 0.717) is 5.69 Å². The Morgan fingerprint density at radius 2 is 1.96 bits per heavy atom. The first-order valence-corrected chi connectivity index (χ1v) is 7.86. The molecule has 1 fully saturated rings. The Hall–Kier alpha value is -2.00. The van der Waals surface area contributed by atoms with Crippen molar-refractivity contribution < 1.29 is 4.79 Å². The molecule has 2 aromatic rings. The standard InChI is InChI=1S/C19H22N2O.ClH/c1-14-9-10-16(20)13-18(14)19(22)21-11-5-8-17(21)12-15-6-3-2-4-7-15;/h2-4,6-7,9-10,13,17H,5,8,11-12,20H2,1H3;1H. The maximum Gasteiger partial charge on any atom is 0.254 e. The van der Waals surface area contributed by atoms with E-state index in [1.807, 2.05) is 30.0 Å². The summed E-state index contributed by atoms with van der Waals surface area (Å²) >= 11 is 0. The average Bonchev–Trinajstić information content (AvgIpc) is 2.98. The monoisotopic (exact) mass is 330 g/mol. The van der Waals surface area contributed by atoms with E-state index < -0.39 is 0 Å². The van der Waals surface area contributed by atoms with Crippen molar-refractivity contribution in [1.29, 1.82) is 0 Å². The molecule has 3 nitrogen and oxygen atoms in total.